The third-order valence-electron chi connectivity index (χ3n) is 3.04. The molecule has 1 amide bonds. The lowest BCUT2D eigenvalue weighted by atomic mass is 10.2. The van der Waals surface area contributed by atoms with Crippen molar-refractivity contribution in [3.05, 3.63) is 48.4 Å². The normalized spacial score (nSPS) is 10.6. The molecule has 3 heterocycles. The van der Waals surface area contributed by atoms with E-state index in [2.05, 4.69) is 37.5 Å². The van der Waals surface area contributed by atoms with Crippen LogP contribution in [0.25, 0.3) is 5.82 Å². The van der Waals surface area contributed by atoms with Gasteiger partial charge in [-0.15, -0.1) is 0 Å². The number of aromatic nitrogens is 6. The summed E-state index contributed by atoms with van der Waals surface area (Å²) in [6, 6.07) is 5.26. The van der Waals surface area contributed by atoms with E-state index in [4.69, 9.17) is 0 Å². The molecule has 8 heteroatoms. The van der Waals surface area contributed by atoms with Crippen molar-refractivity contribution < 1.29 is 4.79 Å². The first kappa shape index (κ1) is 13.9. The molecule has 0 aliphatic heterocycles. The lowest BCUT2D eigenvalue weighted by molar-refractivity contribution is 0.102. The van der Waals surface area contributed by atoms with Crippen LogP contribution in [0.15, 0.2) is 37.1 Å². The van der Waals surface area contributed by atoms with E-state index in [1.54, 1.807) is 30.7 Å². The molecule has 3 aromatic rings. The molecule has 112 valence electrons. The number of hydrogen-bond donors (Lipinski definition) is 2. The number of nitrogens with one attached hydrogen (secondary N) is 2. The molecule has 8 nitrogen and oxygen atoms in total. The van der Waals surface area contributed by atoms with Gasteiger partial charge >= 0.3 is 0 Å². The molecule has 0 fully saturated rings. The molecular weight excluding hydrogens is 282 g/mol. The largest absolute Gasteiger partial charge is 0.319 e. The van der Waals surface area contributed by atoms with Gasteiger partial charge in [0.1, 0.15) is 12.7 Å². The summed E-state index contributed by atoms with van der Waals surface area (Å²) < 4.78 is 1.54. The smallest absolute Gasteiger partial charge is 0.276 e. The van der Waals surface area contributed by atoms with E-state index in [9.17, 15) is 4.79 Å². The van der Waals surface area contributed by atoms with Gasteiger partial charge in [0.15, 0.2) is 11.5 Å². The topological polar surface area (TPSA) is 101 Å². The Labute approximate surface area is 126 Å². The summed E-state index contributed by atoms with van der Waals surface area (Å²) in [6.45, 7) is 2.07. The minimum atomic E-state index is -0.270. The molecule has 0 aromatic carbocycles. The van der Waals surface area contributed by atoms with Crippen LogP contribution in [0.1, 0.15) is 29.5 Å². The van der Waals surface area contributed by atoms with Gasteiger partial charge in [0.2, 0.25) is 0 Å². The van der Waals surface area contributed by atoms with Crippen molar-refractivity contribution in [2.24, 2.45) is 0 Å². The predicted octanol–water partition coefficient (Wildman–Crippen LogP) is 1.59. The Kier molecular flexibility index (Phi) is 3.90. The highest BCUT2D eigenvalue weighted by Gasteiger charge is 2.11. The number of aromatic amines is 1. The predicted molar refractivity (Wildman–Crippen MR) is 79.7 cm³/mol. The van der Waals surface area contributed by atoms with Crippen molar-refractivity contribution in [1.29, 1.82) is 0 Å². The molecule has 3 aromatic heterocycles. The average molecular weight is 297 g/mol. The molecule has 0 radical (unpaired) electrons. The van der Waals surface area contributed by atoms with Crippen LogP contribution in [0.2, 0.25) is 0 Å². The fourth-order valence-corrected chi connectivity index (χ4v) is 1.99. The fraction of sp³-hybridized carbons (Fsp3) is 0.214. The summed E-state index contributed by atoms with van der Waals surface area (Å²) in [5.41, 5.74) is 1.91. The summed E-state index contributed by atoms with van der Waals surface area (Å²) in [7, 11) is 0. The standard InChI is InChI=1S/C14H15N7O/c1-2-3-10-6-12(20-19-10)14(22)18-11-4-5-13(16-7-11)21-9-15-8-17-21/h4-9H,2-3H2,1H3,(H,18,22)(H,19,20). The van der Waals surface area contributed by atoms with Crippen molar-refractivity contribution in [3.63, 3.8) is 0 Å². The molecule has 2 N–H and O–H groups in total. The van der Waals surface area contributed by atoms with Crippen LogP contribution >= 0.6 is 0 Å². The maximum absolute atomic E-state index is 12.1. The number of anilines is 1. The third-order valence-corrected chi connectivity index (χ3v) is 3.04. The number of H-pyrrole nitrogens is 1. The lowest BCUT2D eigenvalue weighted by Crippen LogP contribution is -2.12. The van der Waals surface area contributed by atoms with Crippen molar-refractivity contribution >= 4 is 11.6 Å². The molecule has 0 aliphatic rings. The summed E-state index contributed by atoms with van der Waals surface area (Å²) >= 11 is 0. The van der Waals surface area contributed by atoms with Crippen LogP contribution in [0, 0.1) is 0 Å². The van der Waals surface area contributed by atoms with Crippen LogP contribution < -0.4 is 5.32 Å². The molecule has 3 rings (SSSR count). The molecule has 22 heavy (non-hydrogen) atoms. The Bertz CT molecular complexity index is 746. The summed E-state index contributed by atoms with van der Waals surface area (Å²) in [5, 5.41) is 13.6. The van der Waals surface area contributed by atoms with Crippen LogP contribution in [-0.2, 0) is 6.42 Å². The maximum atomic E-state index is 12.1. The minimum Gasteiger partial charge on any atom is -0.319 e. The molecule has 0 atom stereocenters. The number of carbonyl (C=O) groups excluding carboxylic acids is 1. The summed E-state index contributed by atoms with van der Waals surface area (Å²) in [5.74, 6) is 0.356. The Morgan fingerprint density at radius 1 is 1.41 bits per heavy atom. The van der Waals surface area contributed by atoms with Gasteiger partial charge in [-0.1, -0.05) is 13.3 Å². The Hall–Kier alpha value is -3.03. The van der Waals surface area contributed by atoms with E-state index < -0.39 is 0 Å². The Morgan fingerprint density at radius 3 is 3.00 bits per heavy atom. The zero-order chi connectivity index (χ0) is 15.4. The summed E-state index contributed by atoms with van der Waals surface area (Å²) in [4.78, 5) is 20.2. The maximum Gasteiger partial charge on any atom is 0.276 e. The zero-order valence-electron chi connectivity index (χ0n) is 12.0. The highest BCUT2D eigenvalue weighted by Crippen LogP contribution is 2.11. The average Bonchev–Trinajstić information content (AvgIpc) is 3.20. The molecule has 0 saturated carbocycles. The molecule has 0 bridgehead atoms. The van der Waals surface area contributed by atoms with Crippen LogP contribution in [0.3, 0.4) is 0 Å². The fourth-order valence-electron chi connectivity index (χ4n) is 1.99. The number of hydrogen-bond acceptors (Lipinski definition) is 5. The quantitative estimate of drug-likeness (QED) is 0.744. The second-order valence-corrected chi connectivity index (χ2v) is 4.73. The van der Waals surface area contributed by atoms with Crippen molar-refractivity contribution in [2.75, 3.05) is 5.32 Å². The first-order valence-corrected chi connectivity index (χ1v) is 6.93. The van der Waals surface area contributed by atoms with Gasteiger partial charge in [-0.05, 0) is 24.6 Å². The monoisotopic (exact) mass is 297 g/mol. The molecule has 0 unspecified atom stereocenters. The van der Waals surface area contributed by atoms with E-state index in [0.717, 1.165) is 18.5 Å². The number of rotatable bonds is 5. The van der Waals surface area contributed by atoms with Gasteiger partial charge in [0.05, 0.1) is 11.9 Å². The van der Waals surface area contributed by atoms with Gasteiger partial charge in [-0.25, -0.2) is 14.6 Å². The van der Waals surface area contributed by atoms with Crippen LogP contribution in [0.5, 0.6) is 0 Å². The molecule has 0 saturated heterocycles. The SMILES string of the molecule is CCCc1cc(C(=O)Nc2ccc(-n3cncn3)nc2)n[nH]1. The second kappa shape index (κ2) is 6.17. The van der Waals surface area contributed by atoms with E-state index >= 15 is 0 Å². The number of aryl methyl sites for hydroxylation is 1. The van der Waals surface area contributed by atoms with Gasteiger partial charge in [-0.3, -0.25) is 9.89 Å². The van der Waals surface area contributed by atoms with Gasteiger partial charge in [-0.2, -0.15) is 10.2 Å². The molecular formula is C14H15N7O. The van der Waals surface area contributed by atoms with Gasteiger partial charge in [0.25, 0.3) is 5.91 Å². The van der Waals surface area contributed by atoms with Crippen LogP contribution in [0.4, 0.5) is 5.69 Å². The van der Waals surface area contributed by atoms with Gasteiger partial charge in [0, 0.05) is 5.69 Å². The van der Waals surface area contributed by atoms with Crippen molar-refractivity contribution in [3.8, 4) is 5.82 Å². The highest BCUT2D eigenvalue weighted by atomic mass is 16.1. The second-order valence-electron chi connectivity index (χ2n) is 4.73. The summed E-state index contributed by atoms with van der Waals surface area (Å²) in [6.07, 6.45) is 6.42. The molecule has 0 aliphatic carbocycles. The van der Waals surface area contributed by atoms with E-state index in [-0.39, 0.29) is 5.91 Å². The zero-order valence-corrected chi connectivity index (χ0v) is 12.0. The minimum absolute atomic E-state index is 0.270. The van der Waals surface area contributed by atoms with E-state index in [1.165, 1.54) is 11.0 Å². The van der Waals surface area contributed by atoms with E-state index in [0.29, 0.717) is 17.2 Å². The van der Waals surface area contributed by atoms with Gasteiger partial charge < -0.3 is 5.32 Å². The first-order valence-electron chi connectivity index (χ1n) is 6.93. The lowest BCUT2D eigenvalue weighted by Gasteiger charge is -2.04. The number of nitrogens with zero attached hydrogens (tertiary/aromatic N) is 5. The number of pyridine rings is 1. The van der Waals surface area contributed by atoms with E-state index in [1.807, 2.05) is 0 Å². The third kappa shape index (κ3) is 3.00. The van der Waals surface area contributed by atoms with Crippen molar-refractivity contribution in [2.45, 2.75) is 19.8 Å². The highest BCUT2D eigenvalue weighted by molar-refractivity contribution is 6.02. The van der Waals surface area contributed by atoms with Crippen LogP contribution in [-0.4, -0.2) is 35.9 Å². The van der Waals surface area contributed by atoms with Crippen molar-refractivity contribution in [1.82, 2.24) is 29.9 Å². The Balaban J connectivity index is 1.68. The molecule has 0 spiro atoms. The first-order chi connectivity index (χ1) is 10.8. The number of carbonyl (C=O) groups is 1. The Morgan fingerprint density at radius 2 is 2.32 bits per heavy atom. The number of amides is 1.